The molecule has 1 aliphatic heterocycles. The highest BCUT2D eigenvalue weighted by atomic mass is 32.2. The molecule has 0 bridgehead atoms. The molecular weight excluding hydrogens is 250 g/mol. The van der Waals surface area contributed by atoms with E-state index in [1.165, 1.54) is 5.56 Å². The van der Waals surface area contributed by atoms with Crippen molar-refractivity contribution in [3.63, 3.8) is 0 Å². The van der Waals surface area contributed by atoms with E-state index >= 15 is 0 Å². The highest BCUT2D eigenvalue weighted by Gasteiger charge is 2.14. The van der Waals surface area contributed by atoms with E-state index in [0.29, 0.717) is 24.0 Å². The van der Waals surface area contributed by atoms with Crippen molar-refractivity contribution in [3.8, 4) is 0 Å². The van der Waals surface area contributed by atoms with Crippen LogP contribution in [0.2, 0.25) is 0 Å². The van der Waals surface area contributed by atoms with Gasteiger partial charge in [0.2, 0.25) is 0 Å². The van der Waals surface area contributed by atoms with Crippen molar-refractivity contribution in [2.24, 2.45) is 8.80 Å². The Hall–Kier alpha value is -1.43. The third-order valence-electron chi connectivity index (χ3n) is 2.73. The molecule has 0 saturated carbocycles. The third kappa shape index (κ3) is 3.07. The fraction of sp³-hybridized carbons (Fsp3) is 0.500. The smallest absolute Gasteiger partial charge is 0.267 e. The van der Waals surface area contributed by atoms with E-state index in [0.717, 1.165) is 12.2 Å². The average molecular weight is 267 g/mol. The number of rotatable bonds is 4. The largest absolute Gasteiger partial charge is 0.469 e. The number of amidine groups is 1. The van der Waals surface area contributed by atoms with Gasteiger partial charge in [0.15, 0.2) is 5.84 Å². The van der Waals surface area contributed by atoms with Gasteiger partial charge in [0.25, 0.3) is 11.2 Å². The van der Waals surface area contributed by atoms with Crippen molar-refractivity contribution < 1.29 is 8.63 Å². The molecule has 98 valence electrons. The van der Waals surface area contributed by atoms with Gasteiger partial charge in [-0.05, 0) is 24.5 Å². The van der Waals surface area contributed by atoms with Gasteiger partial charge in [0.1, 0.15) is 5.76 Å². The molecule has 5 nitrogen and oxygen atoms in total. The molecule has 0 spiro atoms. The summed E-state index contributed by atoms with van der Waals surface area (Å²) in [5, 5.41) is 3.11. The lowest BCUT2D eigenvalue weighted by Crippen LogP contribution is -2.29. The molecule has 18 heavy (non-hydrogen) atoms. The Kier molecular flexibility index (Phi) is 3.96. The van der Waals surface area contributed by atoms with Crippen LogP contribution >= 0.6 is 0 Å². The van der Waals surface area contributed by atoms with E-state index in [9.17, 15) is 4.21 Å². The molecule has 2 rings (SSSR count). The maximum Gasteiger partial charge on any atom is 0.267 e. The van der Waals surface area contributed by atoms with Crippen LogP contribution < -0.4 is 5.32 Å². The van der Waals surface area contributed by atoms with Crippen LogP contribution in [0.15, 0.2) is 25.5 Å². The molecule has 0 aromatic carbocycles. The van der Waals surface area contributed by atoms with Gasteiger partial charge in [-0.15, -0.1) is 4.40 Å². The Balaban J connectivity index is 1.84. The quantitative estimate of drug-likeness (QED) is 0.907. The topological polar surface area (TPSA) is 67.0 Å². The Labute approximate surface area is 109 Å². The minimum absolute atomic E-state index is 0.478. The summed E-state index contributed by atoms with van der Waals surface area (Å²) in [6.07, 6.45) is 2.57. The van der Waals surface area contributed by atoms with Gasteiger partial charge in [0.05, 0.1) is 12.0 Å². The first-order chi connectivity index (χ1) is 8.56. The number of hydrogen-bond donors (Lipinski definition) is 1. The van der Waals surface area contributed by atoms with Crippen molar-refractivity contribution in [1.29, 1.82) is 0 Å². The number of furan rings is 1. The zero-order valence-corrected chi connectivity index (χ0v) is 11.6. The zero-order valence-electron chi connectivity index (χ0n) is 10.8. The van der Waals surface area contributed by atoms with E-state index in [-0.39, 0.29) is 0 Å². The fourth-order valence-corrected chi connectivity index (χ4v) is 2.34. The molecule has 0 aliphatic carbocycles. The first kappa shape index (κ1) is 13.0. The number of hydrogen-bond acceptors (Lipinski definition) is 3. The van der Waals surface area contributed by atoms with Crippen LogP contribution in [0.3, 0.4) is 0 Å². The summed E-state index contributed by atoms with van der Waals surface area (Å²) in [7, 11) is 0. The predicted octanol–water partition coefficient (Wildman–Crippen LogP) is 1.99. The average Bonchev–Trinajstić information content (AvgIpc) is 2.87. The summed E-state index contributed by atoms with van der Waals surface area (Å²) in [5.74, 6) is 2.04. The first-order valence-electron chi connectivity index (χ1n) is 5.94. The second-order valence-corrected chi connectivity index (χ2v) is 5.35. The van der Waals surface area contributed by atoms with Crippen LogP contribution in [-0.2, 0) is 17.6 Å². The molecule has 0 radical (unpaired) electrons. The van der Waals surface area contributed by atoms with E-state index in [4.69, 9.17) is 4.42 Å². The molecule has 1 N–H and O–H groups in total. The summed E-state index contributed by atoms with van der Waals surface area (Å²) < 4.78 is 24.2. The maximum absolute atomic E-state index is 11.1. The Morgan fingerprint density at radius 2 is 2.22 bits per heavy atom. The van der Waals surface area contributed by atoms with Gasteiger partial charge < -0.3 is 9.73 Å². The normalized spacial score (nSPS) is 19.0. The second-order valence-electron chi connectivity index (χ2n) is 4.53. The monoisotopic (exact) mass is 267 g/mol. The standard InChI is InChI=1S/C12H17N3O2S/c1-8(2)10-6-11(17-7-10)4-5-13-12-9(3)14-18(16)15-12/h6-8H,4-5H2,1-3H3,(H,13,15). The van der Waals surface area contributed by atoms with E-state index < -0.39 is 11.2 Å². The first-order valence-corrected chi connectivity index (χ1v) is 7.00. The van der Waals surface area contributed by atoms with Crippen LogP contribution in [0.5, 0.6) is 0 Å². The van der Waals surface area contributed by atoms with Gasteiger partial charge in [-0.3, -0.25) is 0 Å². The van der Waals surface area contributed by atoms with E-state index in [2.05, 4.69) is 34.0 Å². The second kappa shape index (κ2) is 5.48. The molecule has 1 aromatic heterocycles. The molecule has 2 heterocycles. The minimum atomic E-state index is -1.44. The molecule has 1 atom stereocenters. The number of nitrogens with zero attached hydrogens (tertiary/aromatic N) is 2. The molecule has 1 unspecified atom stereocenters. The Bertz CT molecular complexity index is 517. The Morgan fingerprint density at radius 1 is 1.44 bits per heavy atom. The lowest BCUT2D eigenvalue weighted by Gasteiger charge is -2.03. The van der Waals surface area contributed by atoms with E-state index in [1.807, 2.05) is 0 Å². The zero-order chi connectivity index (χ0) is 13.1. The highest BCUT2D eigenvalue weighted by molar-refractivity contribution is 7.83. The van der Waals surface area contributed by atoms with Gasteiger partial charge >= 0.3 is 0 Å². The van der Waals surface area contributed by atoms with Crippen molar-refractivity contribution in [2.45, 2.75) is 33.1 Å². The van der Waals surface area contributed by atoms with Crippen molar-refractivity contribution in [1.82, 2.24) is 5.32 Å². The molecule has 6 heteroatoms. The van der Waals surface area contributed by atoms with Gasteiger partial charge in [-0.1, -0.05) is 13.8 Å². The molecule has 0 saturated heterocycles. The van der Waals surface area contributed by atoms with Crippen molar-refractivity contribution in [3.05, 3.63) is 23.7 Å². The summed E-state index contributed by atoms with van der Waals surface area (Å²) in [4.78, 5) is 0. The molecule has 0 amide bonds. The van der Waals surface area contributed by atoms with Crippen LogP contribution in [-0.4, -0.2) is 22.3 Å². The van der Waals surface area contributed by atoms with Crippen molar-refractivity contribution >= 4 is 22.7 Å². The summed E-state index contributed by atoms with van der Waals surface area (Å²) in [6.45, 7) is 6.75. The lowest BCUT2D eigenvalue weighted by molar-refractivity contribution is 0.505. The van der Waals surface area contributed by atoms with Crippen LogP contribution in [0, 0.1) is 0 Å². The lowest BCUT2D eigenvalue weighted by atomic mass is 10.1. The molecule has 1 aromatic rings. The van der Waals surface area contributed by atoms with E-state index in [1.54, 1.807) is 13.2 Å². The predicted molar refractivity (Wildman–Crippen MR) is 73.2 cm³/mol. The molecule has 1 aliphatic rings. The van der Waals surface area contributed by atoms with Gasteiger partial charge in [-0.2, -0.15) is 4.40 Å². The summed E-state index contributed by atoms with van der Waals surface area (Å²) in [6, 6.07) is 2.07. The van der Waals surface area contributed by atoms with Crippen molar-refractivity contribution in [2.75, 3.05) is 6.54 Å². The fourth-order valence-electron chi connectivity index (χ4n) is 1.62. The van der Waals surface area contributed by atoms with Crippen LogP contribution in [0.4, 0.5) is 0 Å². The minimum Gasteiger partial charge on any atom is -0.469 e. The highest BCUT2D eigenvalue weighted by Crippen LogP contribution is 2.17. The molecular formula is C12H17N3O2S. The van der Waals surface area contributed by atoms with Gasteiger partial charge in [-0.25, -0.2) is 4.21 Å². The maximum atomic E-state index is 11.1. The van der Waals surface area contributed by atoms with Gasteiger partial charge in [0, 0.05) is 13.0 Å². The van der Waals surface area contributed by atoms with Crippen LogP contribution in [0.1, 0.15) is 38.0 Å². The van der Waals surface area contributed by atoms with Crippen LogP contribution in [0.25, 0.3) is 0 Å². The third-order valence-corrected chi connectivity index (χ3v) is 3.50. The Morgan fingerprint density at radius 3 is 2.78 bits per heavy atom. The summed E-state index contributed by atoms with van der Waals surface area (Å²) in [5.41, 5.74) is 1.90. The summed E-state index contributed by atoms with van der Waals surface area (Å²) >= 11 is -1.44. The SMILES string of the molecule is CC1=NS(=O)N=C1NCCc1cc(C(C)C)co1. The molecule has 0 fully saturated rings. The number of nitrogens with one attached hydrogen (secondary N) is 1.